The molecule has 0 saturated carbocycles. The first-order valence-electron chi connectivity index (χ1n) is 11.9. The second-order valence-electron chi connectivity index (χ2n) is 8.66. The van der Waals surface area contributed by atoms with Crippen LogP contribution in [0.15, 0.2) is 82.0 Å². The summed E-state index contributed by atoms with van der Waals surface area (Å²) in [6.45, 7) is 1.18. The SMILES string of the molecule is COc1ccc(CCN(N)/C=C(\N)c2cccc(/C(N)=C/N(N)CCc3ccc(OC)c(Br)c3)c2)cc1Br. The van der Waals surface area contributed by atoms with E-state index < -0.39 is 0 Å². The zero-order valence-corrected chi connectivity index (χ0v) is 24.7. The van der Waals surface area contributed by atoms with Crippen LogP contribution in [-0.2, 0) is 12.8 Å². The van der Waals surface area contributed by atoms with Gasteiger partial charge in [0.15, 0.2) is 0 Å². The lowest BCUT2D eigenvalue weighted by atomic mass is 10.1. The van der Waals surface area contributed by atoms with Crippen LogP contribution >= 0.6 is 31.9 Å². The van der Waals surface area contributed by atoms with Gasteiger partial charge in [-0.05, 0) is 97.3 Å². The molecule has 0 aromatic heterocycles. The van der Waals surface area contributed by atoms with E-state index in [4.69, 9.17) is 32.6 Å². The molecule has 10 heteroatoms. The molecule has 0 fully saturated rings. The van der Waals surface area contributed by atoms with Crippen molar-refractivity contribution in [1.29, 1.82) is 0 Å². The zero-order valence-electron chi connectivity index (χ0n) is 21.5. The first-order valence-corrected chi connectivity index (χ1v) is 13.5. The summed E-state index contributed by atoms with van der Waals surface area (Å²) < 4.78 is 12.4. The molecule has 0 bridgehead atoms. The molecule has 202 valence electrons. The van der Waals surface area contributed by atoms with Crippen LogP contribution < -0.4 is 32.6 Å². The number of hydrazine groups is 2. The highest BCUT2D eigenvalue weighted by Crippen LogP contribution is 2.26. The normalized spacial score (nSPS) is 11.8. The molecule has 0 heterocycles. The highest BCUT2D eigenvalue weighted by molar-refractivity contribution is 9.10. The Balaban J connectivity index is 1.59. The van der Waals surface area contributed by atoms with Crippen molar-refractivity contribution in [3.05, 3.63) is 104 Å². The number of benzene rings is 3. The van der Waals surface area contributed by atoms with E-state index in [0.29, 0.717) is 24.5 Å². The molecule has 0 aliphatic rings. The molecule has 38 heavy (non-hydrogen) atoms. The predicted octanol–water partition coefficient (Wildman–Crippen LogP) is 4.58. The number of hydrogen-bond acceptors (Lipinski definition) is 8. The third kappa shape index (κ3) is 8.42. The maximum atomic E-state index is 6.35. The second kappa shape index (κ2) is 14.1. The molecule has 8 N–H and O–H groups in total. The molecule has 0 spiro atoms. The first-order chi connectivity index (χ1) is 18.2. The van der Waals surface area contributed by atoms with Crippen LogP contribution in [0.25, 0.3) is 11.4 Å². The van der Waals surface area contributed by atoms with E-state index in [2.05, 4.69) is 31.9 Å². The van der Waals surface area contributed by atoms with E-state index in [9.17, 15) is 0 Å². The highest BCUT2D eigenvalue weighted by Gasteiger charge is 2.07. The molecule has 0 unspecified atom stereocenters. The average Bonchev–Trinajstić information content (AvgIpc) is 2.91. The number of nitrogens with zero attached hydrogens (tertiary/aromatic N) is 2. The minimum absolute atomic E-state index is 0.535. The van der Waals surface area contributed by atoms with Crippen molar-refractivity contribution in [3.63, 3.8) is 0 Å². The fraction of sp³-hybridized carbons (Fsp3) is 0.214. The van der Waals surface area contributed by atoms with Gasteiger partial charge in [-0.1, -0.05) is 30.3 Å². The monoisotopic (exact) mass is 644 g/mol. The maximum absolute atomic E-state index is 6.35. The minimum atomic E-state index is 0.535. The van der Waals surface area contributed by atoms with Crippen LogP contribution in [0.1, 0.15) is 22.3 Å². The number of hydrogen-bond donors (Lipinski definition) is 4. The molecular weight excluding hydrogens is 612 g/mol. The Bertz CT molecular complexity index is 1200. The molecule has 8 nitrogen and oxygen atoms in total. The van der Waals surface area contributed by atoms with Crippen molar-refractivity contribution in [2.24, 2.45) is 23.2 Å². The lowest BCUT2D eigenvalue weighted by Gasteiger charge is -2.17. The minimum Gasteiger partial charge on any atom is -0.496 e. The highest BCUT2D eigenvalue weighted by atomic mass is 79.9. The summed E-state index contributed by atoms with van der Waals surface area (Å²) in [6.07, 6.45) is 4.94. The maximum Gasteiger partial charge on any atom is 0.133 e. The summed E-state index contributed by atoms with van der Waals surface area (Å²) in [5.74, 6) is 14.0. The summed E-state index contributed by atoms with van der Waals surface area (Å²) in [5, 5.41) is 3.16. The third-order valence-corrected chi connectivity index (χ3v) is 7.13. The molecular formula is C28H34Br2N6O2. The zero-order chi connectivity index (χ0) is 27.7. The molecule has 0 aliphatic carbocycles. The van der Waals surface area contributed by atoms with Crippen molar-refractivity contribution in [2.75, 3.05) is 27.3 Å². The Morgan fingerprint density at radius 2 is 1.13 bits per heavy atom. The summed E-state index contributed by atoms with van der Waals surface area (Å²) in [6, 6.07) is 19.6. The van der Waals surface area contributed by atoms with Crippen LogP contribution in [0.3, 0.4) is 0 Å². The van der Waals surface area contributed by atoms with Crippen molar-refractivity contribution < 1.29 is 9.47 Å². The lowest BCUT2D eigenvalue weighted by molar-refractivity contribution is 0.398. The van der Waals surface area contributed by atoms with Gasteiger partial charge in [0.1, 0.15) is 11.5 Å². The molecule has 0 aliphatic heterocycles. The fourth-order valence-electron chi connectivity index (χ4n) is 3.76. The first kappa shape index (κ1) is 29.4. The second-order valence-corrected chi connectivity index (χ2v) is 10.4. The predicted molar refractivity (Wildman–Crippen MR) is 161 cm³/mol. The molecule has 0 radical (unpaired) electrons. The molecule has 3 aromatic carbocycles. The lowest BCUT2D eigenvalue weighted by Crippen LogP contribution is -2.28. The summed E-state index contributed by atoms with van der Waals surface area (Å²) in [4.78, 5) is 0. The van der Waals surface area contributed by atoms with Gasteiger partial charge in [-0.2, -0.15) is 0 Å². The van der Waals surface area contributed by atoms with Crippen molar-refractivity contribution >= 4 is 43.3 Å². The smallest absolute Gasteiger partial charge is 0.133 e. The Morgan fingerprint density at radius 3 is 1.50 bits per heavy atom. The van der Waals surface area contributed by atoms with Gasteiger partial charge in [-0.15, -0.1) is 0 Å². The Morgan fingerprint density at radius 1 is 0.711 bits per heavy atom. The van der Waals surface area contributed by atoms with E-state index in [0.717, 1.165) is 55.5 Å². The molecule has 0 atom stereocenters. The van der Waals surface area contributed by atoms with E-state index in [1.807, 2.05) is 60.7 Å². The van der Waals surface area contributed by atoms with Crippen LogP contribution in [0, 0.1) is 0 Å². The van der Waals surface area contributed by atoms with E-state index in [1.54, 1.807) is 36.6 Å². The van der Waals surface area contributed by atoms with Crippen LogP contribution in [-0.4, -0.2) is 37.3 Å². The number of nitrogens with two attached hydrogens (primary N) is 4. The average molecular weight is 646 g/mol. The van der Waals surface area contributed by atoms with Gasteiger partial charge in [-0.25, -0.2) is 11.7 Å². The van der Waals surface area contributed by atoms with E-state index in [-0.39, 0.29) is 0 Å². The Kier molecular flexibility index (Phi) is 10.9. The van der Waals surface area contributed by atoms with Crippen LogP contribution in [0.5, 0.6) is 11.5 Å². The van der Waals surface area contributed by atoms with E-state index in [1.165, 1.54) is 0 Å². The van der Waals surface area contributed by atoms with Gasteiger partial charge in [0, 0.05) is 25.5 Å². The molecule has 0 saturated heterocycles. The molecule has 3 aromatic rings. The van der Waals surface area contributed by atoms with Gasteiger partial charge in [0.2, 0.25) is 0 Å². The molecule has 0 amide bonds. The van der Waals surface area contributed by atoms with Crippen molar-refractivity contribution in [3.8, 4) is 11.5 Å². The number of rotatable bonds is 12. The van der Waals surface area contributed by atoms with Gasteiger partial charge < -0.3 is 31.0 Å². The Labute approximate surface area is 241 Å². The largest absolute Gasteiger partial charge is 0.496 e. The third-order valence-electron chi connectivity index (χ3n) is 5.89. The van der Waals surface area contributed by atoms with Gasteiger partial charge in [-0.3, -0.25) is 0 Å². The number of halogens is 2. The number of methoxy groups -OCH3 is 2. The van der Waals surface area contributed by atoms with Gasteiger partial charge >= 0.3 is 0 Å². The van der Waals surface area contributed by atoms with Gasteiger partial charge in [0.25, 0.3) is 0 Å². The van der Waals surface area contributed by atoms with Crippen LogP contribution in [0.2, 0.25) is 0 Å². The summed E-state index contributed by atoms with van der Waals surface area (Å²) in [7, 11) is 3.28. The van der Waals surface area contributed by atoms with E-state index >= 15 is 0 Å². The Hall–Kier alpha value is -3.18. The fourth-order valence-corrected chi connectivity index (χ4v) is 4.94. The van der Waals surface area contributed by atoms with Crippen molar-refractivity contribution in [1.82, 2.24) is 10.0 Å². The topological polar surface area (TPSA) is 129 Å². The molecule has 3 rings (SSSR count). The van der Waals surface area contributed by atoms with Gasteiger partial charge in [0.05, 0.1) is 34.6 Å². The number of ether oxygens (including phenoxy) is 2. The quantitative estimate of drug-likeness (QED) is 0.166. The van der Waals surface area contributed by atoms with Crippen LogP contribution in [0.4, 0.5) is 0 Å². The standard InChI is InChI=1S/C28H34Br2N6O2/c1-37-27-8-6-19(14-23(27)29)10-12-35(33)17-25(31)21-4-3-5-22(16-21)26(32)18-36(34)13-11-20-7-9-28(38-2)24(30)15-20/h3-9,14-18H,10-13,31-34H2,1-2H3/b25-17-,26-18-. The summed E-state index contributed by atoms with van der Waals surface area (Å²) >= 11 is 7.02. The summed E-state index contributed by atoms with van der Waals surface area (Å²) in [5.41, 5.74) is 17.7. The van der Waals surface area contributed by atoms with Crippen molar-refractivity contribution in [2.45, 2.75) is 12.8 Å².